The lowest BCUT2D eigenvalue weighted by Crippen LogP contribution is -2.42. The van der Waals surface area contributed by atoms with Crippen LogP contribution in [0.15, 0.2) is 28.9 Å². The first-order valence-corrected chi connectivity index (χ1v) is 9.56. The summed E-state index contributed by atoms with van der Waals surface area (Å²) in [6.45, 7) is 1.59. The number of hydrogen-bond donors (Lipinski definition) is 2. The lowest BCUT2D eigenvalue weighted by molar-refractivity contribution is 0.0793. The highest BCUT2D eigenvalue weighted by Gasteiger charge is 2.39. The van der Waals surface area contributed by atoms with Crippen molar-refractivity contribution in [2.24, 2.45) is 0 Å². The average Bonchev–Trinajstić information content (AvgIpc) is 3.44. The summed E-state index contributed by atoms with van der Waals surface area (Å²) in [7, 11) is 0. The van der Waals surface area contributed by atoms with Gasteiger partial charge in [-0.3, -0.25) is 9.59 Å². The van der Waals surface area contributed by atoms with Gasteiger partial charge in [0.2, 0.25) is 0 Å². The van der Waals surface area contributed by atoms with Crippen LogP contribution < -0.4 is 10.6 Å². The Morgan fingerprint density at radius 1 is 1.19 bits per heavy atom. The zero-order valence-corrected chi connectivity index (χ0v) is 14.7. The molecule has 2 aromatic rings. The quantitative estimate of drug-likeness (QED) is 0.888. The van der Waals surface area contributed by atoms with Crippen molar-refractivity contribution in [1.29, 1.82) is 0 Å². The van der Waals surface area contributed by atoms with Crippen LogP contribution in [0.25, 0.3) is 11.0 Å². The van der Waals surface area contributed by atoms with E-state index in [1.807, 2.05) is 4.90 Å². The van der Waals surface area contributed by atoms with Crippen LogP contribution in [0.1, 0.15) is 52.8 Å². The Balaban J connectivity index is 1.39. The minimum absolute atomic E-state index is 0.00360. The van der Waals surface area contributed by atoms with E-state index >= 15 is 0 Å². The monoisotopic (exact) mass is 353 g/mol. The summed E-state index contributed by atoms with van der Waals surface area (Å²) in [4.78, 5) is 27.3. The number of nitrogens with zero attached hydrogens (tertiary/aromatic N) is 1. The number of rotatable bonds is 3. The first-order valence-electron chi connectivity index (χ1n) is 9.56. The topological polar surface area (TPSA) is 74.6 Å². The molecule has 2 bridgehead atoms. The molecule has 1 aromatic heterocycles. The summed E-state index contributed by atoms with van der Waals surface area (Å²) >= 11 is 0. The fourth-order valence-corrected chi connectivity index (χ4v) is 4.66. The second kappa shape index (κ2) is 6.13. The van der Waals surface area contributed by atoms with Crippen molar-refractivity contribution >= 4 is 22.8 Å². The molecule has 26 heavy (non-hydrogen) atoms. The van der Waals surface area contributed by atoms with Gasteiger partial charge in [0, 0.05) is 42.2 Å². The molecule has 1 aromatic carbocycles. The highest BCUT2D eigenvalue weighted by molar-refractivity contribution is 6.08. The van der Waals surface area contributed by atoms with Gasteiger partial charge in [-0.25, -0.2) is 0 Å². The van der Waals surface area contributed by atoms with E-state index in [9.17, 15) is 9.59 Å². The highest BCUT2D eigenvalue weighted by Crippen LogP contribution is 2.29. The van der Waals surface area contributed by atoms with Crippen molar-refractivity contribution in [3.8, 4) is 0 Å². The minimum Gasteiger partial charge on any atom is -0.463 e. The van der Waals surface area contributed by atoms with E-state index < -0.39 is 0 Å². The molecule has 0 spiro atoms. The summed E-state index contributed by atoms with van der Waals surface area (Å²) in [6, 6.07) is 6.49. The SMILES string of the molecule is O=C(N[C@@H]1C[C@H]2CC[C@@H]1N2)c1ccc2occ(C(=O)N3CCCC3)c2c1. The van der Waals surface area contributed by atoms with E-state index in [2.05, 4.69) is 10.6 Å². The van der Waals surface area contributed by atoms with Crippen LogP contribution in [0.4, 0.5) is 0 Å². The van der Waals surface area contributed by atoms with E-state index in [1.165, 1.54) is 12.7 Å². The molecule has 0 unspecified atom stereocenters. The Hall–Kier alpha value is -2.34. The predicted octanol–water partition coefficient (Wildman–Crippen LogP) is 2.29. The van der Waals surface area contributed by atoms with E-state index in [1.54, 1.807) is 18.2 Å². The first kappa shape index (κ1) is 15.9. The van der Waals surface area contributed by atoms with Crippen LogP contribution in [0.5, 0.6) is 0 Å². The molecule has 2 N–H and O–H groups in total. The minimum atomic E-state index is -0.0768. The zero-order valence-electron chi connectivity index (χ0n) is 14.7. The van der Waals surface area contributed by atoms with Crippen LogP contribution in [-0.2, 0) is 0 Å². The molecule has 6 heteroatoms. The summed E-state index contributed by atoms with van der Waals surface area (Å²) in [6.07, 6.45) is 6.96. The van der Waals surface area contributed by atoms with Crippen molar-refractivity contribution in [3.05, 3.63) is 35.6 Å². The summed E-state index contributed by atoms with van der Waals surface area (Å²) < 4.78 is 5.55. The third-order valence-corrected chi connectivity index (χ3v) is 6.08. The number of fused-ring (bicyclic) bond motifs is 3. The normalized spacial score (nSPS) is 27.4. The number of carbonyl (C=O) groups is 2. The molecule has 0 aliphatic carbocycles. The van der Waals surface area contributed by atoms with Gasteiger partial charge >= 0.3 is 0 Å². The molecule has 3 aliphatic heterocycles. The number of amides is 2. The van der Waals surface area contributed by atoms with Crippen LogP contribution in [0.3, 0.4) is 0 Å². The predicted molar refractivity (Wildman–Crippen MR) is 97.2 cm³/mol. The van der Waals surface area contributed by atoms with Crippen molar-refractivity contribution in [2.45, 2.75) is 50.2 Å². The molecular formula is C20H23N3O3. The van der Waals surface area contributed by atoms with Gasteiger partial charge in [-0.15, -0.1) is 0 Å². The van der Waals surface area contributed by atoms with Crippen molar-refractivity contribution < 1.29 is 14.0 Å². The largest absolute Gasteiger partial charge is 0.463 e. The zero-order chi connectivity index (χ0) is 17.7. The molecule has 4 heterocycles. The van der Waals surface area contributed by atoms with Crippen molar-refractivity contribution in [3.63, 3.8) is 0 Å². The van der Waals surface area contributed by atoms with Crippen molar-refractivity contribution in [1.82, 2.24) is 15.5 Å². The maximum absolute atomic E-state index is 12.7. The Morgan fingerprint density at radius 2 is 2.04 bits per heavy atom. The molecule has 136 valence electrons. The first-order chi connectivity index (χ1) is 12.7. The molecular weight excluding hydrogens is 330 g/mol. The second-order valence-corrected chi connectivity index (χ2v) is 7.72. The molecule has 6 nitrogen and oxygen atoms in total. The molecule has 5 rings (SSSR count). The smallest absolute Gasteiger partial charge is 0.257 e. The third kappa shape index (κ3) is 2.60. The van der Waals surface area contributed by atoms with Crippen LogP contribution in [0, 0.1) is 0 Å². The van der Waals surface area contributed by atoms with Crippen molar-refractivity contribution in [2.75, 3.05) is 13.1 Å². The number of nitrogens with one attached hydrogen (secondary N) is 2. The van der Waals surface area contributed by atoms with Gasteiger partial charge in [0.05, 0.1) is 5.56 Å². The summed E-state index contributed by atoms with van der Waals surface area (Å²) in [5, 5.41) is 7.42. The lowest BCUT2D eigenvalue weighted by Gasteiger charge is -2.21. The fourth-order valence-electron chi connectivity index (χ4n) is 4.66. The summed E-state index contributed by atoms with van der Waals surface area (Å²) in [5.74, 6) is -0.0804. The van der Waals surface area contributed by atoms with Gasteiger partial charge in [-0.05, 0) is 50.3 Å². The maximum Gasteiger partial charge on any atom is 0.257 e. The number of benzene rings is 1. The third-order valence-electron chi connectivity index (χ3n) is 6.08. The van der Waals surface area contributed by atoms with Gasteiger partial charge in [-0.1, -0.05) is 0 Å². The molecule has 3 atom stereocenters. The van der Waals surface area contributed by atoms with E-state index in [4.69, 9.17) is 4.42 Å². The second-order valence-electron chi connectivity index (χ2n) is 7.72. The highest BCUT2D eigenvalue weighted by atomic mass is 16.3. The van der Waals surface area contributed by atoms with E-state index in [0.717, 1.165) is 44.2 Å². The van der Waals surface area contributed by atoms with Gasteiger partial charge in [0.1, 0.15) is 11.8 Å². The number of hydrogen-bond acceptors (Lipinski definition) is 4. The Kier molecular flexibility index (Phi) is 3.74. The van der Waals surface area contributed by atoms with Gasteiger partial charge < -0.3 is 20.0 Å². The molecule has 3 saturated heterocycles. The van der Waals surface area contributed by atoms with E-state index in [-0.39, 0.29) is 17.9 Å². The Morgan fingerprint density at radius 3 is 2.77 bits per heavy atom. The Labute approximate surface area is 151 Å². The maximum atomic E-state index is 12.7. The number of carbonyl (C=O) groups excluding carboxylic acids is 2. The Bertz CT molecular complexity index is 868. The average molecular weight is 353 g/mol. The van der Waals surface area contributed by atoms with Gasteiger partial charge in [-0.2, -0.15) is 0 Å². The number of likely N-dealkylation sites (tertiary alicyclic amines) is 1. The van der Waals surface area contributed by atoms with Gasteiger partial charge in [0.15, 0.2) is 0 Å². The van der Waals surface area contributed by atoms with Crippen LogP contribution in [0.2, 0.25) is 0 Å². The molecule has 3 fully saturated rings. The molecule has 0 saturated carbocycles. The van der Waals surface area contributed by atoms with Crippen LogP contribution >= 0.6 is 0 Å². The number of furan rings is 1. The molecule has 0 radical (unpaired) electrons. The van der Waals surface area contributed by atoms with E-state index in [0.29, 0.717) is 28.8 Å². The van der Waals surface area contributed by atoms with Crippen LogP contribution in [-0.4, -0.2) is 47.9 Å². The lowest BCUT2D eigenvalue weighted by atomic mass is 9.95. The fraction of sp³-hybridized carbons (Fsp3) is 0.500. The molecule has 3 aliphatic rings. The molecule has 2 amide bonds. The standard InChI is InChI=1S/C20H23N3O3/c24-19(22-17-10-13-4-5-16(17)21-13)12-3-6-18-14(9-12)15(11-26-18)20(25)23-7-1-2-8-23/h3,6,9,11,13,16-17,21H,1-2,4-5,7-8,10H2,(H,22,24)/t13-,16+,17-/m1/s1. The summed E-state index contributed by atoms with van der Waals surface area (Å²) in [5.41, 5.74) is 1.78. The van der Waals surface area contributed by atoms with Gasteiger partial charge in [0.25, 0.3) is 11.8 Å².